The Bertz CT molecular complexity index is 856. The molecule has 0 spiro atoms. The molecule has 1 aromatic carbocycles. The van der Waals surface area contributed by atoms with Crippen molar-refractivity contribution in [2.45, 2.75) is 20.5 Å². The van der Waals surface area contributed by atoms with Crippen molar-refractivity contribution < 1.29 is 9.63 Å². The first-order valence-electron chi connectivity index (χ1n) is 7.33. The number of pyridine rings is 1. The number of rotatable bonds is 4. The third-order valence-corrected chi connectivity index (χ3v) is 3.59. The highest BCUT2D eigenvalue weighted by Gasteiger charge is 2.17. The van der Waals surface area contributed by atoms with Gasteiger partial charge in [0.05, 0.1) is 23.3 Å². The number of aromatic nitrogens is 3. The summed E-state index contributed by atoms with van der Waals surface area (Å²) >= 11 is 0. The highest BCUT2D eigenvalue weighted by Crippen LogP contribution is 2.21. The predicted octanol–water partition coefficient (Wildman–Crippen LogP) is 2.45. The van der Waals surface area contributed by atoms with E-state index in [2.05, 4.69) is 15.6 Å². The van der Waals surface area contributed by atoms with Crippen LogP contribution in [0.3, 0.4) is 0 Å². The largest absolute Gasteiger partial charge is 0.275 e. The number of carbonyl (C=O) groups excluding carboxylic acids is 1. The first-order valence-corrected chi connectivity index (χ1v) is 7.33. The fourth-order valence-corrected chi connectivity index (χ4v) is 2.56. The number of hydroxylamine groups is 1. The van der Waals surface area contributed by atoms with Crippen molar-refractivity contribution in [2.24, 2.45) is 7.05 Å². The molecule has 3 rings (SSSR count). The number of hydrogen-bond acceptors (Lipinski definition) is 4. The van der Waals surface area contributed by atoms with Gasteiger partial charge in [-0.05, 0) is 25.5 Å². The molecule has 0 atom stereocenters. The van der Waals surface area contributed by atoms with Crippen molar-refractivity contribution in [3.8, 4) is 0 Å². The molecule has 0 aliphatic rings. The summed E-state index contributed by atoms with van der Waals surface area (Å²) in [5.41, 5.74) is 6.22. The standard InChI is InChI=1S/C17H18N4O2/c1-11-9-14(15-12(2)19-21(3)16(15)18-11)17(22)20-23-10-13-7-5-4-6-8-13/h4-9H,10H2,1-3H3,(H,20,22). The average Bonchev–Trinajstić information content (AvgIpc) is 2.82. The zero-order valence-corrected chi connectivity index (χ0v) is 13.3. The molecule has 0 unspecified atom stereocenters. The van der Waals surface area contributed by atoms with Gasteiger partial charge in [-0.1, -0.05) is 30.3 Å². The van der Waals surface area contributed by atoms with Crippen LogP contribution in [0, 0.1) is 13.8 Å². The maximum atomic E-state index is 12.5. The van der Waals surface area contributed by atoms with Crippen molar-refractivity contribution in [1.82, 2.24) is 20.2 Å². The lowest BCUT2D eigenvalue weighted by atomic mass is 10.1. The number of nitrogens with one attached hydrogen (secondary N) is 1. The second-order valence-electron chi connectivity index (χ2n) is 5.42. The molecule has 3 aromatic rings. The van der Waals surface area contributed by atoms with E-state index in [1.807, 2.05) is 51.2 Å². The molecule has 23 heavy (non-hydrogen) atoms. The average molecular weight is 310 g/mol. The van der Waals surface area contributed by atoms with Gasteiger partial charge in [0.1, 0.15) is 0 Å². The molecule has 0 fully saturated rings. The number of amides is 1. The Labute approximate surface area is 134 Å². The molecule has 1 N–H and O–H groups in total. The first-order chi connectivity index (χ1) is 11.1. The SMILES string of the molecule is Cc1cc(C(=O)NOCc2ccccc2)c2c(C)nn(C)c2n1. The lowest BCUT2D eigenvalue weighted by Gasteiger charge is -2.08. The fourth-order valence-electron chi connectivity index (χ4n) is 2.56. The van der Waals surface area contributed by atoms with Gasteiger partial charge in [-0.2, -0.15) is 5.10 Å². The Kier molecular flexibility index (Phi) is 4.08. The van der Waals surface area contributed by atoms with E-state index in [4.69, 9.17) is 4.84 Å². The minimum absolute atomic E-state index is 0.299. The minimum Gasteiger partial charge on any atom is -0.269 e. The molecular formula is C17H18N4O2. The molecule has 0 aliphatic carbocycles. The third-order valence-electron chi connectivity index (χ3n) is 3.59. The number of carbonyl (C=O) groups is 1. The summed E-state index contributed by atoms with van der Waals surface area (Å²) in [5.74, 6) is -0.299. The normalized spacial score (nSPS) is 10.9. The molecule has 118 valence electrons. The van der Waals surface area contributed by atoms with Gasteiger partial charge in [0.15, 0.2) is 5.65 Å². The lowest BCUT2D eigenvalue weighted by Crippen LogP contribution is -2.24. The van der Waals surface area contributed by atoms with Crippen LogP contribution >= 0.6 is 0 Å². The topological polar surface area (TPSA) is 69.0 Å². The molecule has 1 amide bonds. The van der Waals surface area contributed by atoms with E-state index in [-0.39, 0.29) is 5.91 Å². The summed E-state index contributed by atoms with van der Waals surface area (Å²) in [6.45, 7) is 4.02. The van der Waals surface area contributed by atoms with Crippen LogP contribution in [-0.2, 0) is 18.5 Å². The van der Waals surface area contributed by atoms with Crippen LogP contribution in [0.4, 0.5) is 0 Å². The third kappa shape index (κ3) is 3.07. The molecule has 6 nitrogen and oxygen atoms in total. The summed E-state index contributed by atoms with van der Waals surface area (Å²) in [4.78, 5) is 22.2. The van der Waals surface area contributed by atoms with Crippen molar-refractivity contribution >= 4 is 16.9 Å². The molecular weight excluding hydrogens is 292 g/mol. The van der Waals surface area contributed by atoms with Gasteiger partial charge >= 0.3 is 0 Å². The Morgan fingerprint density at radius 1 is 1.26 bits per heavy atom. The fraction of sp³-hybridized carbons (Fsp3) is 0.235. The summed E-state index contributed by atoms with van der Waals surface area (Å²) in [7, 11) is 1.81. The van der Waals surface area contributed by atoms with Gasteiger partial charge in [-0.3, -0.25) is 14.3 Å². The van der Waals surface area contributed by atoms with Crippen molar-refractivity contribution in [2.75, 3.05) is 0 Å². The van der Waals surface area contributed by atoms with Crippen LogP contribution < -0.4 is 5.48 Å². The van der Waals surface area contributed by atoms with Crippen LogP contribution in [0.15, 0.2) is 36.4 Å². The van der Waals surface area contributed by atoms with Gasteiger partial charge in [0.25, 0.3) is 5.91 Å². The summed E-state index contributed by atoms with van der Waals surface area (Å²) < 4.78 is 1.68. The first kappa shape index (κ1) is 15.2. The number of hydrogen-bond donors (Lipinski definition) is 1. The van der Waals surface area contributed by atoms with Crippen molar-refractivity contribution in [3.63, 3.8) is 0 Å². The number of nitrogens with zero attached hydrogens (tertiary/aromatic N) is 3. The van der Waals surface area contributed by atoms with Gasteiger partial charge in [0.2, 0.25) is 0 Å². The molecule has 2 heterocycles. The Morgan fingerprint density at radius 2 is 2.00 bits per heavy atom. The van der Waals surface area contributed by atoms with Gasteiger partial charge in [0, 0.05) is 12.7 Å². The molecule has 2 aromatic heterocycles. The van der Waals surface area contributed by atoms with Crippen LogP contribution in [0.5, 0.6) is 0 Å². The summed E-state index contributed by atoms with van der Waals surface area (Å²) in [6, 6.07) is 11.4. The van der Waals surface area contributed by atoms with Crippen LogP contribution in [0.1, 0.15) is 27.3 Å². The highest BCUT2D eigenvalue weighted by molar-refractivity contribution is 6.06. The molecule has 0 saturated heterocycles. The molecule has 6 heteroatoms. The van der Waals surface area contributed by atoms with Crippen molar-refractivity contribution in [1.29, 1.82) is 0 Å². The van der Waals surface area contributed by atoms with E-state index >= 15 is 0 Å². The summed E-state index contributed by atoms with van der Waals surface area (Å²) in [6.07, 6.45) is 0. The quantitative estimate of drug-likeness (QED) is 0.752. The molecule has 0 saturated carbocycles. The Hall–Kier alpha value is -2.73. The van der Waals surface area contributed by atoms with Crippen LogP contribution in [0.25, 0.3) is 11.0 Å². The maximum absolute atomic E-state index is 12.5. The number of benzene rings is 1. The number of fused-ring (bicyclic) bond motifs is 1. The van der Waals surface area contributed by atoms with Crippen LogP contribution in [-0.4, -0.2) is 20.7 Å². The van der Waals surface area contributed by atoms with Crippen molar-refractivity contribution in [3.05, 3.63) is 58.9 Å². The highest BCUT2D eigenvalue weighted by atomic mass is 16.6. The molecule has 0 radical (unpaired) electrons. The van der Waals surface area contributed by atoms with Gasteiger partial charge < -0.3 is 0 Å². The van der Waals surface area contributed by atoms with E-state index in [1.165, 1.54) is 0 Å². The zero-order chi connectivity index (χ0) is 16.4. The monoisotopic (exact) mass is 310 g/mol. The van der Waals surface area contributed by atoms with E-state index in [1.54, 1.807) is 10.7 Å². The Balaban J connectivity index is 1.81. The smallest absolute Gasteiger partial charge is 0.269 e. The van der Waals surface area contributed by atoms with Gasteiger partial charge in [-0.15, -0.1) is 0 Å². The second kappa shape index (κ2) is 6.18. The zero-order valence-electron chi connectivity index (χ0n) is 13.3. The minimum atomic E-state index is -0.299. The van der Waals surface area contributed by atoms with Crippen LogP contribution in [0.2, 0.25) is 0 Å². The Morgan fingerprint density at radius 3 is 2.74 bits per heavy atom. The summed E-state index contributed by atoms with van der Waals surface area (Å²) in [5, 5.41) is 5.08. The van der Waals surface area contributed by atoms with E-state index < -0.39 is 0 Å². The van der Waals surface area contributed by atoms with Gasteiger partial charge in [-0.25, -0.2) is 10.5 Å². The predicted molar refractivity (Wildman–Crippen MR) is 86.7 cm³/mol. The van der Waals surface area contributed by atoms with E-state index in [0.717, 1.165) is 22.3 Å². The lowest BCUT2D eigenvalue weighted by molar-refractivity contribution is 0.0235. The number of aryl methyl sites for hydroxylation is 3. The molecule has 0 bridgehead atoms. The molecule has 0 aliphatic heterocycles. The maximum Gasteiger partial charge on any atom is 0.275 e. The second-order valence-corrected chi connectivity index (χ2v) is 5.42. The van der Waals surface area contributed by atoms with E-state index in [0.29, 0.717) is 17.8 Å². The van der Waals surface area contributed by atoms with E-state index in [9.17, 15) is 4.79 Å².